The summed E-state index contributed by atoms with van der Waals surface area (Å²) < 4.78 is 11.5. The van der Waals surface area contributed by atoms with Crippen molar-refractivity contribution >= 4 is 36.4 Å². The van der Waals surface area contributed by atoms with Crippen molar-refractivity contribution in [1.82, 2.24) is 4.98 Å². The van der Waals surface area contributed by atoms with Crippen molar-refractivity contribution in [3.05, 3.63) is 54.2 Å². The normalized spacial score (nSPS) is 17.0. The summed E-state index contributed by atoms with van der Waals surface area (Å²) >= 11 is 4.80. The Morgan fingerprint density at radius 1 is 1.41 bits per heavy atom. The molecule has 142 valence electrons. The van der Waals surface area contributed by atoms with Crippen LogP contribution in [-0.4, -0.2) is 44.8 Å². The minimum absolute atomic E-state index is 0.101. The minimum atomic E-state index is -0.101. The van der Waals surface area contributed by atoms with Gasteiger partial charge in [0.15, 0.2) is 0 Å². The molecule has 0 bridgehead atoms. The average Bonchev–Trinajstić information content (AvgIpc) is 2.67. The van der Waals surface area contributed by atoms with Gasteiger partial charge in [-0.1, -0.05) is 42.5 Å². The van der Waals surface area contributed by atoms with E-state index in [2.05, 4.69) is 48.7 Å². The van der Waals surface area contributed by atoms with Crippen molar-refractivity contribution in [1.29, 1.82) is 0 Å². The molecule has 1 atom stereocenters. The Bertz CT molecular complexity index is 800. The molecule has 1 aromatic carbocycles. The van der Waals surface area contributed by atoms with E-state index in [1.807, 2.05) is 13.0 Å². The minimum Gasteiger partial charge on any atom is -0.433 e. The molecule has 0 amide bonds. The van der Waals surface area contributed by atoms with Gasteiger partial charge in [0.25, 0.3) is 0 Å². The topological polar surface area (TPSA) is 34.6 Å². The van der Waals surface area contributed by atoms with Gasteiger partial charge in [-0.05, 0) is 37.3 Å². The van der Waals surface area contributed by atoms with Crippen LogP contribution < -0.4 is 10.4 Å². The van der Waals surface area contributed by atoms with Gasteiger partial charge in [-0.3, -0.25) is 0 Å². The Kier molecular flexibility index (Phi) is 6.63. The summed E-state index contributed by atoms with van der Waals surface area (Å²) in [6.07, 6.45) is 0.780. The number of hydrogen-bond acceptors (Lipinski definition) is 5. The van der Waals surface area contributed by atoms with Crippen LogP contribution in [0.1, 0.15) is 25.1 Å². The van der Waals surface area contributed by atoms with Crippen molar-refractivity contribution < 1.29 is 9.39 Å². The maximum absolute atomic E-state index is 5.88. The number of nitrogens with zero attached hydrogens (tertiary/aromatic N) is 2. The third-order valence-electron chi connectivity index (χ3n) is 4.97. The first kappa shape index (κ1) is 20.0. The summed E-state index contributed by atoms with van der Waals surface area (Å²) in [4.78, 5) is 8.01. The second kappa shape index (κ2) is 8.96. The maximum Gasteiger partial charge on any atom is 0.332 e. The highest BCUT2D eigenvalue weighted by Crippen LogP contribution is 2.25. The van der Waals surface area contributed by atoms with Crippen molar-refractivity contribution in [2.24, 2.45) is 0 Å². The predicted molar refractivity (Wildman–Crippen MR) is 116 cm³/mol. The number of aromatic nitrogens is 1. The van der Waals surface area contributed by atoms with Crippen LogP contribution in [-0.2, 0) is 15.7 Å². The van der Waals surface area contributed by atoms with Crippen molar-refractivity contribution in [2.45, 2.75) is 31.1 Å². The highest BCUT2D eigenvalue weighted by Gasteiger charge is 2.27. The van der Waals surface area contributed by atoms with E-state index in [0.29, 0.717) is 13.2 Å². The molecular formula is C21H27BN2O2S. The lowest BCUT2D eigenvalue weighted by Gasteiger charge is -2.35. The van der Waals surface area contributed by atoms with Gasteiger partial charge in [0, 0.05) is 18.6 Å². The van der Waals surface area contributed by atoms with Crippen LogP contribution in [0.15, 0.2) is 47.9 Å². The van der Waals surface area contributed by atoms with Crippen molar-refractivity contribution in [2.75, 3.05) is 31.8 Å². The number of anilines is 1. The first-order valence-corrected chi connectivity index (χ1v) is 9.77. The lowest BCUT2D eigenvalue weighted by Crippen LogP contribution is -2.45. The molecule has 6 heteroatoms. The zero-order chi connectivity index (χ0) is 19.4. The maximum atomic E-state index is 5.88. The number of thiol groups is 1. The second-order valence-corrected chi connectivity index (χ2v) is 7.53. The van der Waals surface area contributed by atoms with Crippen molar-refractivity contribution in [3.63, 3.8) is 0 Å². The molecule has 0 radical (unpaired) electrons. The first-order valence-electron chi connectivity index (χ1n) is 9.32. The third-order valence-corrected chi connectivity index (χ3v) is 5.44. The summed E-state index contributed by atoms with van der Waals surface area (Å²) in [5, 5.41) is 0. The average molecular weight is 382 g/mol. The first-order chi connectivity index (χ1) is 13.0. The molecule has 2 heterocycles. The second-order valence-electron chi connectivity index (χ2n) is 7.08. The number of rotatable bonds is 6. The Labute approximate surface area is 168 Å². The Morgan fingerprint density at radius 2 is 2.15 bits per heavy atom. The zero-order valence-electron chi connectivity index (χ0n) is 16.3. The lowest BCUT2D eigenvalue weighted by atomic mass is 9.56. The summed E-state index contributed by atoms with van der Waals surface area (Å²) in [6.45, 7) is 10.4. The SMILES string of the molecule is C=C(C)c1nc(N2CCOCC2C)cc(B(Cc2ccccc2)OC)c1S. The molecule has 27 heavy (non-hydrogen) atoms. The van der Waals surface area contributed by atoms with Gasteiger partial charge in [0.1, 0.15) is 5.82 Å². The summed E-state index contributed by atoms with van der Waals surface area (Å²) in [6, 6.07) is 12.8. The predicted octanol–water partition coefficient (Wildman–Crippen LogP) is 3.26. The Hall–Kier alpha value is -1.76. The molecule has 1 aliphatic heterocycles. The van der Waals surface area contributed by atoms with Crippen LogP contribution in [0.3, 0.4) is 0 Å². The van der Waals surface area contributed by atoms with Crippen LogP contribution in [0.25, 0.3) is 5.57 Å². The number of pyridine rings is 1. The van der Waals surface area contributed by atoms with E-state index in [4.69, 9.17) is 27.0 Å². The molecule has 3 rings (SSSR count). The molecule has 1 saturated heterocycles. The molecule has 0 saturated carbocycles. The van der Waals surface area contributed by atoms with Gasteiger partial charge in [-0.15, -0.1) is 12.6 Å². The van der Waals surface area contributed by atoms with Crippen LogP contribution in [0.2, 0.25) is 0 Å². The van der Waals surface area contributed by atoms with Gasteiger partial charge in [-0.25, -0.2) is 4.98 Å². The van der Waals surface area contributed by atoms with Gasteiger partial charge < -0.3 is 14.3 Å². The Balaban J connectivity index is 2.02. The fraction of sp³-hybridized carbons (Fsp3) is 0.381. The van der Waals surface area contributed by atoms with E-state index in [9.17, 15) is 0 Å². The van der Waals surface area contributed by atoms with E-state index in [-0.39, 0.29) is 13.0 Å². The highest BCUT2D eigenvalue weighted by atomic mass is 32.1. The third kappa shape index (κ3) is 4.57. The fourth-order valence-corrected chi connectivity index (χ4v) is 3.90. The smallest absolute Gasteiger partial charge is 0.332 e. The molecule has 4 nitrogen and oxygen atoms in total. The van der Waals surface area contributed by atoms with E-state index in [0.717, 1.165) is 40.3 Å². The molecule has 1 aliphatic rings. The summed E-state index contributed by atoms with van der Waals surface area (Å²) in [5.41, 5.74) is 4.01. The van der Waals surface area contributed by atoms with E-state index in [1.54, 1.807) is 7.11 Å². The number of ether oxygens (including phenoxy) is 1. The Morgan fingerprint density at radius 3 is 2.78 bits per heavy atom. The molecule has 0 N–H and O–H groups in total. The molecule has 0 spiro atoms. The monoisotopic (exact) mass is 382 g/mol. The fourth-order valence-electron chi connectivity index (χ4n) is 3.45. The van der Waals surface area contributed by atoms with Gasteiger partial charge in [-0.2, -0.15) is 0 Å². The van der Waals surface area contributed by atoms with Crippen molar-refractivity contribution in [3.8, 4) is 0 Å². The van der Waals surface area contributed by atoms with Crippen LogP contribution >= 0.6 is 12.6 Å². The van der Waals surface area contributed by atoms with Crippen LogP contribution in [0, 0.1) is 0 Å². The standard InChI is InChI=1S/C21H27BN2O2S/c1-15(2)20-21(27)18(22(25-4)13-17-8-6-5-7-9-17)12-19(23-20)24-10-11-26-14-16(24)3/h5-9,12,16,27H,1,10-11,13-14H2,2-4H3. The molecular weight excluding hydrogens is 355 g/mol. The van der Waals surface area contributed by atoms with E-state index < -0.39 is 0 Å². The largest absolute Gasteiger partial charge is 0.433 e. The van der Waals surface area contributed by atoms with Crippen LogP contribution in [0.5, 0.6) is 0 Å². The number of benzene rings is 1. The number of hydrogen-bond donors (Lipinski definition) is 1. The number of morpholine rings is 1. The molecule has 1 aromatic heterocycles. The van der Waals surface area contributed by atoms with E-state index in [1.165, 1.54) is 5.56 Å². The zero-order valence-corrected chi connectivity index (χ0v) is 17.2. The van der Waals surface area contributed by atoms with E-state index >= 15 is 0 Å². The molecule has 1 unspecified atom stereocenters. The molecule has 0 aliphatic carbocycles. The highest BCUT2D eigenvalue weighted by molar-refractivity contribution is 7.80. The van der Waals surface area contributed by atoms with Gasteiger partial charge in [0.05, 0.1) is 24.9 Å². The van der Waals surface area contributed by atoms with Gasteiger partial charge in [0.2, 0.25) is 0 Å². The van der Waals surface area contributed by atoms with Gasteiger partial charge >= 0.3 is 6.92 Å². The summed E-state index contributed by atoms with van der Waals surface area (Å²) in [7, 11) is 1.75. The lowest BCUT2D eigenvalue weighted by molar-refractivity contribution is 0.0985. The number of allylic oxidation sites excluding steroid dienone is 1. The summed E-state index contributed by atoms with van der Waals surface area (Å²) in [5.74, 6) is 0.937. The van der Waals surface area contributed by atoms with Crippen LogP contribution in [0.4, 0.5) is 5.82 Å². The molecule has 1 fully saturated rings. The molecule has 2 aromatic rings. The quantitative estimate of drug-likeness (QED) is 0.615.